The predicted molar refractivity (Wildman–Crippen MR) is 105 cm³/mol. The Hall–Kier alpha value is -2.66. The van der Waals surface area contributed by atoms with Gasteiger partial charge >= 0.3 is 5.97 Å². The summed E-state index contributed by atoms with van der Waals surface area (Å²) in [5.74, 6) is -0.468. The van der Waals surface area contributed by atoms with Gasteiger partial charge in [-0.25, -0.2) is 4.79 Å². The van der Waals surface area contributed by atoms with E-state index >= 15 is 0 Å². The number of rotatable bonds is 6. The molecule has 0 aromatic heterocycles. The second-order valence-electron chi connectivity index (χ2n) is 7.23. The summed E-state index contributed by atoms with van der Waals surface area (Å²) in [5, 5.41) is 11.9. The molecule has 0 saturated carbocycles. The molecule has 0 aliphatic carbocycles. The van der Waals surface area contributed by atoms with Crippen LogP contribution in [0.2, 0.25) is 0 Å². The van der Waals surface area contributed by atoms with E-state index in [1.165, 1.54) is 11.1 Å². The molecule has 1 aliphatic rings. The molecule has 1 saturated heterocycles. The first-order valence-corrected chi connectivity index (χ1v) is 9.35. The Bertz CT molecular complexity index is 817. The number of likely N-dealkylation sites (tertiary alicyclic amines) is 1. The van der Waals surface area contributed by atoms with Crippen LogP contribution in [0, 0.1) is 6.92 Å². The van der Waals surface area contributed by atoms with E-state index < -0.39 is 5.97 Å². The van der Waals surface area contributed by atoms with Crippen molar-refractivity contribution in [2.45, 2.75) is 38.8 Å². The van der Waals surface area contributed by atoms with E-state index in [2.05, 4.69) is 41.4 Å². The van der Waals surface area contributed by atoms with E-state index in [1.54, 1.807) is 24.3 Å². The normalized spacial score (nSPS) is 18.2. The summed E-state index contributed by atoms with van der Waals surface area (Å²) in [6.45, 7) is 6.30. The van der Waals surface area contributed by atoms with Crippen molar-refractivity contribution in [2.75, 3.05) is 13.1 Å². The van der Waals surface area contributed by atoms with Gasteiger partial charge in [0.15, 0.2) is 0 Å². The molecule has 2 aromatic carbocycles. The van der Waals surface area contributed by atoms with E-state index in [0.717, 1.165) is 25.1 Å². The van der Waals surface area contributed by atoms with E-state index in [-0.39, 0.29) is 17.5 Å². The van der Waals surface area contributed by atoms with Gasteiger partial charge in [-0.3, -0.25) is 9.69 Å². The van der Waals surface area contributed by atoms with Crippen LogP contribution in [0.25, 0.3) is 0 Å². The van der Waals surface area contributed by atoms with Gasteiger partial charge in [-0.15, -0.1) is 0 Å². The fourth-order valence-corrected chi connectivity index (χ4v) is 3.71. The molecule has 1 aliphatic heterocycles. The summed E-state index contributed by atoms with van der Waals surface area (Å²) >= 11 is 0. The van der Waals surface area contributed by atoms with Gasteiger partial charge in [-0.2, -0.15) is 0 Å². The zero-order valence-electron chi connectivity index (χ0n) is 15.8. The Morgan fingerprint density at radius 2 is 1.89 bits per heavy atom. The number of carbonyl (C=O) groups is 2. The van der Waals surface area contributed by atoms with Gasteiger partial charge in [-0.05, 0) is 61.6 Å². The first-order chi connectivity index (χ1) is 13.0. The Kier molecular flexibility index (Phi) is 5.91. The highest BCUT2D eigenvalue weighted by Gasteiger charge is 2.30. The number of amides is 1. The number of nitrogens with zero attached hydrogens (tertiary/aromatic N) is 1. The average Bonchev–Trinajstić information content (AvgIpc) is 3.16. The summed E-state index contributed by atoms with van der Waals surface area (Å²) in [6.07, 6.45) is 1.07. The highest BCUT2D eigenvalue weighted by Crippen LogP contribution is 2.30. The lowest BCUT2D eigenvalue weighted by atomic mass is 9.94. The third kappa shape index (κ3) is 4.55. The standard InChI is InChI=1S/C22H26N2O3/c1-15-5-3-4-6-20(15)19-11-12-24(14-19)16(2)21(25)23-13-17-7-9-18(10-8-17)22(26)27/h3-10,16,19H,11-14H2,1-2H3,(H,23,25)(H,26,27). The number of aryl methyl sites for hydroxylation is 1. The predicted octanol–water partition coefficient (Wildman–Crippen LogP) is 3.19. The fraction of sp³-hybridized carbons (Fsp3) is 0.364. The molecule has 1 heterocycles. The molecule has 142 valence electrons. The molecule has 3 rings (SSSR count). The zero-order chi connectivity index (χ0) is 19.4. The van der Waals surface area contributed by atoms with E-state index in [0.29, 0.717) is 12.5 Å². The Labute approximate surface area is 160 Å². The highest BCUT2D eigenvalue weighted by atomic mass is 16.4. The van der Waals surface area contributed by atoms with Crippen LogP contribution in [0.4, 0.5) is 0 Å². The van der Waals surface area contributed by atoms with Crippen molar-refractivity contribution in [3.8, 4) is 0 Å². The van der Waals surface area contributed by atoms with Crippen molar-refractivity contribution in [1.29, 1.82) is 0 Å². The summed E-state index contributed by atoms with van der Waals surface area (Å²) < 4.78 is 0. The van der Waals surface area contributed by atoms with Crippen molar-refractivity contribution < 1.29 is 14.7 Å². The van der Waals surface area contributed by atoms with Gasteiger partial charge in [-0.1, -0.05) is 36.4 Å². The zero-order valence-corrected chi connectivity index (χ0v) is 15.8. The molecule has 27 heavy (non-hydrogen) atoms. The molecule has 2 N–H and O–H groups in total. The van der Waals surface area contributed by atoms with Gasteiger partial charge in [0.2, 0.25) is 5.91 Å². The molecule has 5 heteroatoms. The third-order valence-corrected chi connectivity index (χ3v) is 5.44. The SMILES string of the molecule is Cc1ccccc1C1CCN(C(C)C(=O)NCc2ccc(C(=O)O)cc2)C1. The van der Waals surface area contributed by atoms with Gasteiger partial charge in [0.25, 0.3) is 0 Å². The minimum Gasteiger partial charge on any atom is -0.478 e. The topological polar surface area (TPSA) is 69.6 Å². The second-order valence-corrected chi connectivity index (χ2v) is 7.23. The van der Waals surface area contributed by atoms with Crippen molar-refractivity contribution in [1.82, 2.24) is 10.2 Å². The van der Waals surface area contributed by atoms with Crippen LogP contribution in [-0.4, -0.2) is 41.0 Å². The molecule has 0 bridgehead atoms. The van der Waals surface area contributed by atoms with Crippen LogP contribution in [0.1, 0.15) is 46.3 Å². The quantitative estimate of drug-likeness (QED) is 0.824. The minimum absolute atomic E-state index is 0.00254. The van der Waals surface area contributed by atoms with Gasteiger partial charge in [0, 0.05) is 13.1 Å². The van der Waals surface area contributed by atoms with Crippen LogP contribution in [-0.2, 0) is 11.3 Å². The van der Waals surface area contributed by atoms with Crippen molar-refractivity contribution in [3.05, 3.63) is 70.8 Å². The van der Waals surface area contributed by atoms with Crippen molar-refractivity contribution in [3.63, 3.8) is 0 Å². The lowest BCUT2D eigenvalue weighted by Crippen LogP contribution is -2.43. The Morgan fingerprint density at radius 1 is 1.19 bits per heavy atom. The molecular weight excluding hydrogens is 340 g/mol. The summed E-state index contributed by atoms with van der Waals surface area (Å²) in [5.41, 5.74) is 3.83. The molecule has 1 amide bonds. The monoisotopic (exact) mass is 366 g/mol. The largest absolute Gasteiger partial charge is 0.478 e. The maximum Gasteiger partial charge on any atom is 0.335 e. The van der Waals surface area contributed by atoms with Crippen LogP contribution in [0.3, 0.4) is 0 Å². The molecule has 0 spiro atoms. The highest BCUT2D eigenvalue weighted by molar-refractivity contribution is 5.87. The van der Waals surface area contributed by atoms with E-state index in [1.807, 2.05) is 6.92 Å². The van der Waals surface area contributed by atoms with Crippen molar-refractivity contribution in [2.24, 2.45) is 0 Å². The Morgan fingerprint density at radius 3 is 2.56 bits per heavy atom. The maximum atomic E-state index is 12.5. The first-order valence-electron chi connectivity index (χ1n) is 9.35. The molecule has 2 aromatic rings. The fourth-order valence-electron chi connectivity index (χ4n) is 3.71. The average molecular weight is 366 g/mol. The van der Waals surface area contributed by atoms with Crippen LogP contribution >= 0.6 is 0 Å². The van der Waals surface area contributed by atoms with Crippen molar-refractivity contribution >= 4 is 11.9 Å². The molecule has 0 radical (unpaired) electrons. The Balaban J connectivity index is 1.53. The van der Waals surface area contributed by atoms with Crippen LogP contribution in [0.15, 0.2) is 48.5 Å². The summed E-state index contributed by atoms with van der Waals surface area (Å²) in [4.78, 5) is 25.7. The molecular formula is C22H26N2O3. The number of hydrogen-bond donors (Lipinski definition) is 2. The van der Waals surface area contributed by atoms with Gasteiger partial charge in [0.05, 0.1) is 11.6 Å². The first kappa shape index (κ1) is 19.1. The molecule has 2 atom stereocenters. The second kappa shape index (κ2) is 8.35. The van der Waals surface area contributed by atoms with E-state index in [4.69, 9.17) is 5.11 Å². The van der Waals surface area contributed by atoms with E-state index in [9.17, 15) is 9.59 Å². The number of aromatic carboxylic acids is 1. The van der Waals surface area contributed by atoms with Gasteiger partial charge < -0.3 is 10.4 Å². The third-order valence-electron chi connectivity index (χ3n) is 5.44. The number of benzene rings is 2. The lowest BCUT2D eigenvalue weighted by Gasteiger charge is -2.24. The molecule has 2 unspecified atom stereocenters. The lowest BCUT2D eigenvalue weighted by molar-refractivity contribution is -0.125. The summed E-state index contributed by atoms with van der Waals surface area (Å²) in [6, 6.07) is 14.9. The number of hydrogen-bond acceptors (Lipinski definition) is 3. The van der Waals surface area contributed by atoms with Crippen LogP contribution < -0.4 is 5.32 Å². The number of carboxylic acids is 1. The van der Waals surface area contributed by atoms with Crippen LogP contribution in [0.5, 0.6) is 0 Å². The summed E-state index contributed by atoms with van der Waals surface area (Å²) in [7, 11) is 0. The number of carbonyl (C=O) groups excluding carboxylic acids is 1. The number of carboxylic acid groups (broad SMARTS) is 1. The maximum absolute atomic E-state index is 12.5. The minimum atomic E-state index is -0.948. The number of nitrogens with one attached hydrogen (secondary N) is 1. The molecule has 5 nitrogen and oxygen atoms in total. The van der Waals surface area contributed by atoms with Gasteiger partial charge in [0.1, 0.15) is 0 Å². The molecule has 1 fully saturated rings. The smallest absolute Gasteiger partial charge is 0.335 e.